The lowest BCUT2D eigenvalue weighted by Gasteiger charge is -2.47. The Balaban J connectivity index is 1.18. The molecule has 5 heterocycles. The maximum atomic E-state index is 13.2. The van der Waals surface area contributed by atoms with Gasteiger partial charge < -0.3 is 36.2 Å². The fourth-order valence-corrected chi connectivity index (χ4v) is 7.80. The number of hydrogen-bond donors (Lipinski definition) is 4. The highest BCUT2D eigenvalue weighted by molar-refractivity contribution is 8.03. The Morgan fingerprint density at radius 2 is 1.93 bits per heavy atom. The minimum atomic E-state index is -1.17. The summed E-state index contributed by atoms with van der Waals surface area (Å²) in [4.78, 5) is 68.7. The molecule has 16 nitrogen and oxygen atoms in total. The van der Waals surface area contributed by atoms with Crippen LogP contribution in [0.1, 0.15) is 26.7 Å². The zero-order chi connectivity index (χ0) is 30.1. The monoisotopic (exact) mass is 604 g/mol. The molecule has 0 radical (unpaired) electrons. The van der Waals surface area contributed by atoms with Crippen LogP contribution in [0.25, 0.3) is 0 Å². The predicted molar refractivity (Wildman–Crippen MR) is 148 cm³/mol. The van der Waals surface area contributed by atoms with Crippen LogP contribution in [0.3, 0.4) is 0 Å². The second kappa shape index (κ2) is 12.3. The Morgan fingerprint density at radius 3 is 2.57 bits per heavy atom. The molecule has 4 amide bonds. The number of hydrogen-bond acceptors (Lipinski definition) is 11. The van der Waals surface area contributed by atoms with Crippen molar-refractivity contribution in [1.29, 1.82) is 0 Å². The van der Waals surface area contributed by atoms with Crippen molar-refractivity contribution in [1.82, 2.24) is 45.5 Å². The first-order valence-electron chi connectivity index (χ1n) is 14.1. The van der Waals surface area contributed by atoms with Gasteiger partial charge in [-0.1, -0.05) is 6.92 Å². The first-order chi connectivity index (χ1) is 20.1. The molecule has 0 saturated carbocycles. The van der Waals surface area contributed by atoms with E-state index in [1.807, 2.05) is 6.92 Å². The van der Waals surface area contributed by atoms with Gasteiger partial charge in [-0.15, -0.1) is 16.9 Å². The van der Waals surface area contributed by atoms with Gasteiger partial charge in [0.1, 0.15) is 18.6 Å². The normalized spacial score (nSPS) is 28.0. The molecule has 0 spiro atoms. The van der Waals surface area contributed by atoms with Gasteiger partial charge in [0.05, 0.1) is 18.0 Å². The number of thioether (sulfide) groups is 1. The number of β-lactam (4-membered cyclic amide) rings is 1. The van der Waals surface area contributed by atoms with Gasteiger partial charge in [-0.2, -0.15) is 0 Å². The first kappa shape index (κ1) is 29.9. The van der Waals surface area contributed by atoms with E-state index in [1.54, 1.807) is 16.7 Å². The third kappa shape index (κ3) is 5.72. The van der Waals surface area contributed by atoms with Crippen molar-refractivity contribution in [3.05, 3.63) is 16.9 Å². The molecule has 1 aromatic heterocycles. The van der Waals surface area contributed by atoms with Crippen LogP contribution in [0.5, 0.6) is 0 Å². The van der Waals surface area contributed by atoms with E-state index in [-0.39, 0.29) is 53.1 Å². The molecule has 2 unspecified atom stereocenters. The molecule has 5 N–H and O–H groups in total. The number of rotatable bonds is 10. The van der Waals surface area contributed by atoms with Gasteiger partial charge in [-0.25, -0.2) is 9.48 Å². The summed E-state index contributed by atoms with van der Waals surface area (Å²) in [6.07, 6.45) is 2.13. The summed E-state index contributed by atoms with van der Waals surface area (Å²) in [5.41, 5.74) is 5.47. The molecular formula is C25H36N10O6S. The Morgan fingerprint density at radius 1 is 1.21 bits per heavy atom. The summed E-state index contributed by atoms with van der Waals surface area (Å²) < 4.78 is 1.27. The van der Waals surface area contributed by atoms with Crippen molar-refractivity contribution in [3.8, 4) is 0 Å². The summed E-state index contributed by atoms with van der Waals surface area (Å²) in [5, 5.41) is 26.8. The maximum absolute atomic E-state index is 13.2. The molecule has 4 aliphatic rings. The average Bonchev–Trinajstić information content (AvgIpc) is 3.69. The number of carboxylic acids is 1. The topological polar surface area (TPSA) is 209 Å². The third-order valence-corrected chi connectivity index (χ3v) is 9.91. The van der Waals surface area contributed by atoms with Crippen molar-refractivity contribution in [2.75, 3.05) is 39.3 Å². The number of fused-ring (bicyclic) bond motifs is 1. The SMILES string of the molecule is C[C@@H](NC(=O)Cn1cnnn1)[C@H]1C(=O)N2C(C(=O)O)=C(SC3CNC(C(=O)N4CCN(C(=O)CCN)CC4)C3)[C@H](C)[C@H]12. The zero-order valence-corrected chi connectivity index (χ0v) is 24.3. The Bertz CT molecular complexity index is 1270. The van der Waals surface area contributed by atoms with Crippen LogP contribution in [-0.4, -0.2) is 132 Å². The van der Waals surface area contributed by atoms with Crippen molar-refractivity contribution in [2.24, 2.45) is 17.6 Å². The molecule has 1 aromatic rings. The Labute approximate surface area is 246 Å². The van der Waals surface area contributed by atoms with Crippen LogP contribution >= 0.6 is 11.8 Å². The van der Waals surface area contributed by atoms with Crippen molar-refractivity contribution >= 4 is 41.4 Å². The molecule has 0 bridgehead atoms. The van der Waals surface area contributed by atoms with E-state index in [9.17, 15) is 29.1 Å². The molecule has 228 valence electrons. The van der Waals surface area contributed by atoms with E-state index in [2.05, 4.69) is 26.2 Å². The van der Waals surface area contributed by atoms with E-state index in [0.29, 0.717) is 57.0 Å². The highest BCUT2D eigenvalue weighted by Gasteiger charge is 2.60. The number of amides is 4. The number of tetrazole rings is 1. The summed E-state index contributed by atoms with van der Waals surface area (Å²) >= 11 is 1.41. The van der Waals surface area contributed by atoms with Crippen LogP contribution in [0.2, 0.25) is 0 Å². The average molecular weight is 605 g/mol. The van der Waals surface area contributed by atoms with Crippen LogP contribution < -0.4 is 16.4 Å². The van der Waals surface area contributed by atoms with Gasteiger partial charge in [0.25, 0.3) is 0 Å². The van der Waals surface area contributed by atoms with Crippen molar-refractivity contribution < 1.29 is 29.1 Å². The molecule has 4 aliphatic heterocycles. The van der Waals surface area contributed by atoms with Gasteiger partial charge >= 0.3 is 5.97 Å². The van der Waals surface area contributed by atoms with E-state index in [1.165, 1.54) is 27.7 Å². The number of nitrogens with zero attached hydrogens (tertiary/aromatic N) is 7. The second-order valence-corrected chi connectivity index (χ2v) is 12.4. The molecule has 3 saturated heterocycles. The standard InChI is InChI=1S/C25H36N10O6S/c1-13-20-19(14(2)29-17(36)11-34-12-28-30-31-34)24(39)35(20)21(25(40)41)22(13)42-15-9-16(27-10-15)23(38)33-7-5-32(6-8-33)18(37)3-4-26/h12-16,19-20,27H,3-11,26H2,1-2H3,(H,29,36)(H,40,41)/t13-,14-,15?,16?,19-,20-/m1/s1. The van der Waals surface area contributed by atoms with Gasteiger partial charge in [0, 0.05) is 67.8 Å². The van der Waals surface area contributed by atoms with Crippen LogP contribution in [0.15, 0.2) is 16.9 Å². The minimum Gasteiger partial charge on any atom is -0.477 e. The fraction of sp³-hybridized carbons (Fsp3) is 0.680. The largest absolute Gasteiger partial charge is 0.477 e. The summed E-state index contributed by atoms with van der Waals surface area (Å²) in [6.45, 7) is 6.23. The molecular weight excluding hydrogens is 568 g/mol. The summed E-state index contributed by atoms with van der Waals surface area (Å²) in [5.74, 6) is -2.72. The number of aromatic nitrogens is 4. The number of carboxylic acid groups (broad SMARTS) is 1. The molecule has 42 heavy (non-hydrogen) atoms. The number of carbonyl (C=O) groups is 5. The number of piperazine rings is 1. The van der Waals surface area contributed by atoms with Crippen LogP contribution in [0, 0.1) is 11.8 Å². The number of nitrogens with two attached hydrogens (primary N) is 1. The number of carbonyl (C=O) groups excluding carboxylic acids is 4. The van der Waals surface area contributed by atoms with E-state index >= 15 is 0 Å². The summed E-state index contributed by atoms with van der Waals surface area (Å²) in [7, 11) is 0. The van der Waals surface area contributed by atoms with E-state index < -0.39 is 24.0 Å². The number of nitrogens with one attached hydrogen (secondary N) is 2. The molecule has 5 rings (SSSR count). The highest BCUT2D eigenvalue weighted by atomic mass is 32.2. The molecule has 3 fully saturated rings. The highest BCUT2D eigenvalue weighted by Crippen LogP contribution is 2.51. The minimum absolute atomic E-state index is 0.000202. The van der Waals surface area contributed by atoms with Crippen molar-refractivity contribution in [2.45, 2.75) is 56.6 Å². The van der Waals surface area contributed by atoms with E-state index in [4.69, 9.17) is 5.73 Å². The molecule has 17 heteroatoms. The molecule has 0 aromatic carbocycles. The quantitative estimate of drug-likeness (QED) is 0.203. The Hall–Kier alpha value is -3.57. The van der Waals surface area contributed by atoms with Gasteiger partial charge in [0.15, 0.2) is 0 Å². The maximum Gasteiger partial charge on any atom is 0.353 e. The van der Waals surface area contributed by atoms with Crippen molar-refractivity contribution in [3.63, 3.8) is 0 Å². The van der Waals surface area contributed by atoms with E-state index in [0.717, 1.165) is 0 Å². The fourth-order valence-electron chi connectivity index (χ4n) is 6.32. The number of aliphatic carboxylic acids is 1. The van der Waals surface area contributed by atoms with Gasteiger partial charge in [0.2, 0.25) is 23.6 Å². The smallest absolute Gasteiger partial charge is 0.353 e. The third-order valence-electron chi connectivity index (χ3n) is 8.40. The second-order valence-electron chi connectivity index (χ2n) is 11.1. The van der Waals surface area contributed by atoms with Crippen LogP contribution in [0.4, 0.5) is 0 Å². The summed E-state index contributed by atoms with van der Waals surface area (Å²) in [6, 6.07) is -1.31. The lowest BCUT2D eigenvalue weighted by molar-refractivity contribution is -0.158. The van der Waals surface area contributed by atoms with Gasteiger partial charge in [-0.3, -0.25) is 19.2 Å². The predicted octanol–water partition coefficient (Wildman–Crippen LogP) is -2.57. The molecule has 0 aliphatic carbocycles. The zero-order valence-electron chi connectivity index (χ0n) is 23.5. The molecule has 6 atom stereocenters. The first-order valence-corrected chi connectivity index (χ1v) is 15.0. The lowest BCUT2D eigenvalue weighted by Crippen LogP contribution is -2.66. The lowest BCUT2D eigenvalue weighted by atomic mass is 9.78. The van der Waals surface area contributed by atoms with Crippen LogP contribution in [-0.2, 0) is 30.5 Å². The Kier molecular flexibility index (Phi) is 8.79. The van der Waals surface area contributed by atoms with Gasteiger partial charge in [-0.05, 0) is 23.8 Å².